The van der Waals surface area contributed by atoms with Crippen molar-refractivity contribution in [2.24, 2.45) is 0 Å². The molecule has 2 aromatic rings. The molecule has 0 aromatic carbocycles. The number of aliphatic hydroxyl groups excluding tert-OH is 1. The van der Waals surface area contributed by atoms with E-state index in [0.717, 1.165) is 4.57 Å². The van der Waals surface area contributed by atoms with Gasteiger partial charge in [-0.05, 0) is 19.4 Å². The summed E-state index contributed by atoms with van der Waals surface area (Å²) in [7, 11) is 0. The Bertz CT molecular complexity index is 956. The first-order valence-corrected chi connectivity index (χ1v) is 8.04. The van der Waals surface area contributed by atoms with Gasteiger partial charge in [0.2, 0.25) is 5.88 Å². The predicted molar refractivity (Wildman–Crippen MR) is 85.2 cm³/mol. The highest BCUT2D eigenvalue weighted by Gasteiger charge is 2.39. The van der Waals surface area contributed by atoms with Crippen molar-refractivity contribution in [1.29, 1.82) is 0 Å². The number of halogens is 5. The third kappa shape index (κ3) is 4.70. The summed E-state index contributed by atoms with van der Waals surface area (Å²) in [5.74, 6) is -5.75. The summed E-state index contributed by atoms with van der Waals surface area (Å²) in [6, 6.07) is 0.317. The normalized spacial score (nSPS) is 12.8. The maximum atomic E-state index is 14.4. The van der Waals surface area contributed by atoms with Gasteiger partial charge in [0.1, 0.15) is 12.2 Å². The van der Waals surface area contributed by atoms with Crippen molar-refractivity contribution >= 4 is 5.97 Å². The number of nitrogens with zero attached hydrogens (tertiary/aromatic N) is 4. The van der Waals surface area contributed by atoms with Crippen molar-refractivity contribution in [2.45, 2.75) is 38.8 Å². The molecule has 29 heavy (non-hydrogen) atoms. The van der Waals surface area contributed by atoms with Gasteiger partial charge in [0.05, 0.1) is 0 Å². The second-order valence-corrected chi connectivity index (χ2v) is 5.73. The van der Waals surface area contributed by atoms with Crippen molar-refractivity contribution in [1.82, 2.24) is 19.3 Å². The van der Waals surface area contributed by atoms with Crippen LogP contribution in [-0.4, -0.2) is 54.4 Å². The van der Waals surface area contributed by atoms with E-state index >= 15 is 0 Å². The van der Waals surface area contributed by atoms with E-state index in [1.54, 1.807) is 0 Å². The highest BCUT2D eigenvalue weighted by molar-refractivity contribution is 5.90. The van der Waals surface area contributed by atoms with Crippen LogP contribution < -0.4 is 10.4 Å². The van der Waals surface area contributed by atoms with Gasteiger partial charge in [0.25, 0.3) is 0 Å². The number of carboxylic acid groups (broad SMARTS) is 1. The fraction of sp³-hybridized carbons (Fsp3) is 0.467. The van der Waals surface area contributed by atoms with Crippen molar-refractivity contribution in [3.05, 3.63) is 33.8 Å². The summed E-state index contributed by atoms with van der Waals surface area (Å²) in [5, 5.41) is 21.5. The van der Waals surface area contributed by atoms with E-state index in [1.165, 1.54) is 0 Å². The number of carboxylic acids is 1. The van der Waals surface area contributed by atoms with E-state index < -0.39 is 59.5 Å². The maximum Gasteiger partial charge on any atom is 0.425 e. The average Bonchev–Trinajstić information content (AvgIpc) is 2.95. The number of carbonyl (C=O) groups is 1. The van der Waals surface area contributed by atoms with Crippen molar-refractivity contribution in [3.63, 3.8) is 0 Å². The lowest BCUT2D eigenvalue weighted by molar-refractivity contribution is -0.190. The van der Waals surface area contributed by atoms with Crippen LogP contribution in [0.2, 0.25) is 0 Å². The van der Waals surface area contributed by atoms with Gasteiger partial charge in [0.15, 0.2) is 23.6 Å². The van der Waals surface area contributed by atoms with Crippen LogP contribution in [0.3, 0.4) is 0 Å². The number of alkyl halides is 4. The number of rotatable bonds is 8. The van der Waals surface area contributed by atoms with E-state index in [0.29, 0.717) is 13.0 Å². The molecule has 0 saturated heterocycles. The zero-order chi connectivity index (χ0) is 21.9. The summed E-state index contributed by atoms with van der Waals surface area (Å²) < 4.78 is 71.3. The van der Waals surface area contributed by atoms with Crippen LogP contribution in [0.15, 0.2) is 10.9 Å². The van der Waals surface area contributed by atoms with Crippen LogP contribution in [0.25, 0.3) is 5.82 Å². The summed E-state index contributed by atoms with van der Waals surface area (Å²) in [6.45, 7) is -1.17. The molecule has 0 aliphatic rings. The summed E-state index contributed by atoms with van der Waals surface area (Å²) >= 11 is 0. The Morgan fingerprint density at radius 3 is 2.55 bits per heavy atom. The van der Waals surface area contributed by atoms with E-state index in [-0.39, 0.29) is 24.3 Å². The second kappa shape index (κ2) is 8.55. The summed E-state index contributed by atoms with van der Waals surface area (Å²) in [5.41, 5.74) is -2.10. The number of aliphatic hydroxyl groups is 1. The molecule has 1 atom stereocenters. The maximum absolute atomic E-state index is 14.4. The molecule has 160 valence electrons. The van der Waals surface area contributed by atoms with Gasteiger partial charge in [-0.3, -0.25) is 4.57 Å². The highest BCUT2D eigenvalue weighted by Crippen LogP contribution is 2.27. The molecule has 2 N–H and O–H groups in total. The molecular formula is C15H15F5N4O5. The molecule has 0 aliphatic heterocycles. The van der Waals surface area contributed by atoms with Gasteiger partial charge >= 0.3 is 17.8 Å². The van der Waals surface area contributed by atoms with Crippen LogP contribution in [0.5, 0.6) is 5.88 Å². The lowest BCUT2D eigenvalue weighted by Crippen LogP contribution is -2.32. The monoisotopic (exact) mass is 426 g/mol. The van der Waals surface area contributed by atoms with Crippen LogP contribution >= 0.6 is 0 Å². The van der Waals surface area contributed by atoms with Gasteiger partial charge in [-0.15, -0.1) is 5.10 Å². The summed E-state index contributed by atoms with van der Waals surface area (Å²) in [6.07, 6.45) is -7.33. The van der Waals surface area contributed by atoms with E-state index in [4.69, 9.17) is 10.2 Å². The average molecular weight is 426 g/mol. The quantitative estimate of drug-likeness (QED) is 0.613. The third-order valence-electron chi connectivity index (χ3n) is 3.70. The highest BCUT2D eigenvalue weighted by atomic mass is 19.4. The standard InChI is InChI=1S/C15H15F5N4O5/c1-7(15(18,19)20)29-12-8(13(26)27)5-9(17)11(21-12)24-14(28)23(3-2-4-25)10(6-16)22-24/h5,7,25H,2-4,6H2,1H3,(H,26,27). The number of hydrogen-bond acceptors (Lipinski definition) is 6. The van der Waals surface area contributed by atoms with Gasteiger partial charge in [-0.2, -0.15) is 22.8 Å². The van der Waals surface area contributed by atoms with Crippen LogP contribution in [0.1, 0.15) is 29.5 Å². The number of pyridine rings is 1. The Kier molecular flexibility index (Phi) is 6.56. The number of aromatic nitrogens is 4. The molecule has 2 heterocycles. The Morgan fingerprint density at radius 1 is 1.38 bits per heavy atom. The molecule has 1 unspecified atom stereocenters. The topological polar surface area (TPSA) is 119 Å². The molecule has 9 nitrogen and oxygen atoms in total. The Balaban J connectivity index is 2.62. The SMILES string of the molecule is CC(Oc1nc(-n2nc(CF)n(CCCO)c2=O)c(F)cc1C(=O)O)C(F)(F)F. The van der Waals surface area contributed by atoms with E-state index in [9.17, 15) is 31.5 Å². The minimum absolute atomic E-state index is 0.0456. The Labute approximate surface area is 159 Å². The molecule has 0 spiro atoms. The minimum Gasteiger partial charge on any atom is -0.477 e. The van der Waals surface area contributed by atoms with Crippen LogP contribution in [0.4, 0.5) is 22.0 Å². The molecule has 0 amide bonds. The number of ether oxygens (including phenoxy) is 1. The van der Waals surface area contributed by atoms with Gasteiger partial charge < -0.3 is 14.9 Å². The largest absolute Gasteiger partial charge is 0.477 e. The number of aromatic carboxylic acids is 1. The molecule has 14 heteroatoms. The van der Waals surface area contributed by atoms with Crippen molar-refractivity contribution < 1.29 is 41.7 Å². The predicted octanol–water partition coefficient (Wildman–Crippen LogP) is 1.45. The Hall–Kier alpha value is -3.03. The third-order valence-corrected chi connectivity index (χ3v) is 3.70. The molecule has 0 radical (unpaired) electrons. The Morgan fingerprint density at radius 2 is 2.03 bits per heavy atom. The first kappa shape index (κ1) is 22.3. The van der Waals surface area contributed by atoms with Crippen LogP contribution in [-0.2, 0) is 13.2 Å². The zero-order valence-electron chi connectivity index (χ0n) is 14.8. The zero-order valence-corrected chi connectivity index (χ0v) is 14.8. The van der Waals surface area contributed by atoms with Gasteiger partial charge in [0, 0.05) is 13.2 Å². The van der Waals surface area contributed by atoms with Crippen LogP contribution in [0, 0.1) is 5.82 Å². The fourth-order valence-electron chi connectivity index (χ4n) is 2.22. The fourth-order valence-corrected chi connectivity index (χ4v) is 2.22. The first-order chi connectivity index (χ1) is 13.5. The number of hydrogen-bond donors (Lipinski definition) is 2. The molecule has 0 saturated carbocycles. The molecular weight excluding hydrogens is 411 g/mol. The lowest BCUT2D eigenvalue weighted by Gasteiger charge is -2.18. The summed E-state index contributed by atoms with van der Waals surface area (Å²) in [4.78, 5) is 27.0. The molecule has 0 fully saturated rings. The van der Waals surface area contributed by atoms with Gasteiger partial charge in [-0.25, -0.2) is 18.4 Å². The molecule has 2 rings (SSSR count). The second-order valence-electron chi connectivity index (χ2n) is 5.73. The van der Waals surface area contributed by atoms with Crippen molar-refractivity contribution in [3.8, 4) is 11.7 Å². The first-order valence-electron chi connectivity index (χ1n) is 8.04. The van der Waals surface area contributed by atoms with E-state index in [2.05, 4.69) is 14.8 Å². The molecule has 0 aliphatic carbocycles. The minimum atomic E-state index is -4.88. The molecule has 2 aromatic heterocycles. The van der Waals surface area contributed by atoms with Gasteiger partial charge in [-0.1, -0.05) is 0 Å². The smallest absolute Gasteiger partial charge is 0.425 e. The van der Waals surface area contributed by atoms with E-state index in [1.807, 2.05) is 0 Å². The molecule has 0 bridgehead atoms. The lowest BCUT2D eigenvalue weighted by atomic mass is 10.2. The van der Waals surface area contributed by atoms with Crippen molar-refractivity contribution in [2.75, 3.05) is 6.61 Å².